The number of nitrogens with one attached hydrogen (secondary N) is 2. The highest BCUT2D eigenvalue weighted by molar-refractivity contribution is 6.31. The van der Waals surface area contributed by atoms with Crippen LogP contribution < -0.4 is 10.6 Å². The van der Waals surface area contributed by atoms with E-state index in [9.17, 15) is 14.0 Å². The lowest BCUT2D eigenvalue weighted by Gasteiger charge is -2.18. The predicted molar refractivity (Wildman–Crippen MR) is 136 cm³/mol. The number of rotatable bonds is 10. The van der Waals surface area contributed by atoms with Crippen molar-refractivity contribution in [3.05, 3.63) is 82.3 Å². The Labute approximate surface area is 221 Å². The summed E-state index contributed by atoms with van der Waals surface area (Å²) in [5.74, 6) is -1.84. The minimum Gasteiger partial charge on any atom is -0.478 e. The molecule has 3 aromatic heterocycles. The van der Waals surface area contributed by atoms with Gasteiger partial charge >= 0.3 is 5.97 Å². The Bertz CT molecular complexity index is 1450. The molecule has 38 heavy (non-hydrogen) atoms. The SMILES string of the molecule is Cc1cc(CC(CNc2ccc(C(=O)O)cn2)NC(=O)C=Cc2c(-n3cnnn3)ccc(Cl)c2F)nn1C. The molecule has 0 aliphatic carbocycles. The average molecular weight is 540 g/mol. The zero-order chi connectivity index (χ0) is 27.2. The van der Waals surface area contributed by atoms with Crippen molar-refractivity contribution in [2.24, 2.45) is 7.05 Å². The van der Waals surface area contributed by atoms with E-state index in [0.717, 1.165) is 11.4 Å². The molecule has 3 N–H and O–H groups in total. The first-order chi connectivity index (χ1) is 18.2. The second kappa shape index (κ2) is 11.6. The van der Waals surface area contributed by atoms with Crippen molar-refractivity contribution >= 4 is 35.4 Å². The summed E-state index contributed by atoms with van der Waals surface area (Å²) in [6, 6.07) is 7.35. The fraction of sp³-hybridized carbons (Fsp3) is 0.208. The van der Waals surface area contributed by atoms with Gasteiger partial charge in [0.25, 0.3) is 0 Å². The van der Waals surface area contributed by atoms with Crippen LogP contribution in [0, 0.1) is 12.7 Å². The Kier molecular flexibility index (Phi) is 8.06. The lowest BCUT2D eigenvalue weighted by atomic mass is 10.1. The molecule has 14 heteroatoms. The van der Waals surface area contributed by atoms with E-state index in [1.54, 1.807) is 4.68 Å². The van der Waals surface area contributed by atoms with E-state index in [0.29, 0.717) is 17.9 Å². The molecule has 0 aliphatic heterocycles. The monoisotopic (exact) mass is 539 g/mol. The zero-order valence-corrected chi connectivity index (χ0v) is 21.1. The minimum atomic E-state index is -1.08. The maximum Gasteiger partial charge on any atom is 0.337 e. The number of nitrogens with zero attached hydrogens (tertiary/aromatic N) is 7. The van der Waals surface area contributed by atoms with Gasteiger partial charge in [-0.15, -0.1) is 5.10 Å². The van der Waals surface area contributed by atoms with E-state index < -0.39 is 23.7 Å². The number of halogens is 2. The Morgan fingerprint density at radius 2 is 2.08 bits per heavy atom. The van der Waals surface area contributed by atoms with E-state index in [-0.39, 0.29) is 22.7 Å². The average Bonchev–Trinajstić information content (AvgIpc) is 3.53. The van der Waals surface area contributed by atoms with E-state index in [4.69, 9.17) is 16.7 Å². The van der Waals surface area contributed by atoms with Gasteiger partial charge in [-0.1, -0.05) is 11.6 Å². The van der Waals surface area contributed by atoms with Crippen molar-refractivity contribution in [3.63, 3.8) is 0 Å². The minimum absolute atomic E-state index is 0.0395. The van der Waals surface area contributed by atoms with Crippen LogP contribution in [0.5, 0.6) is 0 Å². The summed E-state index contributed by atoms with van der Waals surface area (Å²) >= 11 is 5.95. The Balaban J connectivity index is 1.51. The van der Waals surface area contributed by atoms with Gasteiger partial charge in [-0.3, -0.25) is 9.48 Å². The Morgan fingerprint density at radius 1 is 1.26 bits per heavy atom. The topological polar surface area (TPSA) is 153 Å². The van der Waals surface area contributed by atoms with Gasteiger partial charge in [-0.2, -0.15) is 9.78 Å². The molecule has 0 spiro atoms. The first-order valence-corrected chi connectivity index (χ1v) is 11.7. The van der Waals surface area contributed by atoms with Crippen LogP contribution in [0.2, 0.25) is 5.02 Å². The molecule has 196 valence electrons. The van der Waals surface area contributed by atoms with Crippen molar-refractivity contribution in [1.82, 2.24) is 40.3 Å². The van der Waals surface area contributed by atoms with Gasteiger partial charge in [0, 0.05) is 43.5 Å². The van der Waals surface area contributed by atoms with E-state index >= 15 is 0 Å². The van der Waals surface area contributed by atoms with Crippen molar-refractivity contribution < 1.29 is 19.1 Å². The van der Waals surface area contributed by atoms with Gasteiger partial charge in [0.2, 0.25) is 5.91 Å². The van der Waals surface area contributed by atoms with Gasteiger partial charge in [-0.25, -0.2) is 14.2 Å². The fourth-order valence-corrected chi connectivity index (χ4v) is 3.77. The lowest BCUT2D eigenvalue weighted by Crippen LogP contribution is -2.40. The summed E-state index contributed by atoms with van der Waals surface area (Å²) in [6.07, 6.45) is 5.43. The standard InChI is InChI=1S/C24H23ClFN9O3/c1-14-9-16(31-34(14)2)10-17(12-28-21-7-3-15(11-27-21)24(37)38)30-22(36)8-4-18-20(35-13-29-32-33-35)6-5-19(25)23(18)26/h3-9,11,13,17H,10,12H2,1-2H3,(H,27,28)(H,30,36)(H,37,38). The van der Waals surface area contributed by atoms with Crippen molar-refractivity contribution in [2.45, 2.75) is 19.4 Å². The number of hydrogen-bond donors (Lipinski definition) is 3. The number of benzene rings is 1. The van der Waals surface area contributed by atoms with Crippen LogP contribution in [0.1, 0.15) is 27.3 Å². The van der Waals surface area contributed by atoms with Crippen molar-refractivity contribution in [2.75, 3.05) is 11.9 Å². The largest absolute Gasteiger partial charge is 0.478 e. The molecule has 3 heterocycles. The summed E-state index contributed by atoms with van der Waals surface area (Å²) in [5.41, 5.74) is 2.12. The number of amides is 1. The molecule has 1 aromatic carbocycles. The molecule has 4 rings (SSSR count). The predicted octanol–water partition coefficient (Wildman–Crippen LogP) is 2.44. The number of carbonyl (C=O) groups excluding carboxylic acids is 1. The van der Waals surface area contributed by atoms with Gasteiger partial charge in [0.1, 0.15) is 12.1 Å². The van der Waals surface area contributed by atoms with Crippen LogP contribution in [-0.2, 0) is 18.3 Å². The summed E-state index contributed by atoms with van der Waals surface area (Å²) < 4.78 is 17.8. The molecule has 0 fully saturated rings. The molecule has 1 atom stereocenters. The van der Waals surface area contributed by atoms with Gasteiger partial charge in [0.05, 0.1) is 28.0 Å². The lowest BCUT2D eigenvalue weighted by molar-refractivity contribution is -0.117. The maximum atomic E-state index is 14.8. The van der Waals surface area contributed by atoms with Crippen LogP contribution in [-0.4, -0.2) is 64.5 Å². The molecule has 0 aliphatic rings. The molecule has 0 radical (unpaired) electrons. The number of carboxylic acid groups (broad SMARTS) is 1. The molecule has 0 bridgehead atoms. The number of aromatic nitrogens is 7. The third-order valence-electron chi connectivity index (χ3n) is 5.61. The normalized spacial score (nSPS) is 12.0. The fourth-order valence-electron chi connectivity index (χ4n) is 3.61. The molecule has 1 unspecified atom stereocenters. The summed E-state index contributed by atoms with van der Waals surface area (Å²) in [6.45, 7) is 2.18. The van der Waals surface area contributed by atoms with Crippen molar-refractivity contribution in [1.29, 1.82) is 0 Å². The Morgan fingerprint density at radius 3 is 2.71 bits per heavy atom. The second-order valence-electron chi connectivity index (χ2n) is 8.31. The number of carboxylic acids is 1. The number of aryl methyl sites for hydroxylation is 2. The van der Waals surface area contributed by atoms with Gasteiger partial charge < -0.3 is 15.7 Å². The third kappa shape index (κ3) is 6.37. The quantitative estimate of drug-likeness (QED) is 0.258. The molecule has 0 saturated heterocycles. The van der Waals surface area contributed by atoms with Crippen LogP contribution in [0.25, 0.3) is 11.8 Å². The summed E-state index contributed by atoms with van der Waals surface area (Å²) in [5, 5.41) is 30.3. The number of pyridine rings is 1. The molecular weight excluding hydrogens is 517 g/mol. The van der Waals surface area contributed by atoms with Crippen LogP contribution in [0.4, 0.5) is 10.2 Å². The smallest absolute Gasteiger partial charge is 0.337 e. The number of anilines is 1. The molecule has 4 aromatic rings. The summed E-state index contributed by atoms with van der Waals surface area (Å²) in [7, 11) is 1.82. The van der Waals surface area contributed by atoms with Gasteiger partial charge in [-0.05, 0) is 53.8 Å². The number of tetrazole rings is 1. The van der Waals surface area contributed by atoms with Crippen molar-refractivity contribution in [3.8, 4) is 5.69 Å². The number of hydrogen-bond acceptors (Lipinski definition) is 8. The highest BCUT2D eigenvalue weighted by Crippen LogP contribution is 2.25. The van der Waals surface area contributed by atoms with E-state index in [1.165, 1.54) is 53.6 Å². The highest BCUT2D eigenvalue weighted by atomic mass is 35.5. The molecule has 1 amide bonds. The number of aromatic carboxylic acids is 1. The van der Waals surface area contributed by atoms with Crippen LogP contribution in [0.3, 0.4) is 0 Å². The van der Waals surface area contributed by atoms with E-state index in [2.05, 4.69) is 36.2 Å². The first-order valence-electron chi connectivity index (χ1n) is 11.3. The maximum absolute atomic E-state index is 14.8. The van der Waals surface area contributed by atoms with Crippen LogP contribution in [0.15, 0.2) is 48.9 Å². The molecule has 12 nitrogen and oxygen atoms in total. The molecule has 0 saturated carbocycles. The highest BCUT2D eigenvalue weighted by Gasteiger charge is 2.17. The second-order valence-corrected chi connectivity index (χ2v) is 8.72. The van der Waals surface area contributed by atoms with Gasteiger partial charge in [0.15, 0.2) is 5.82 Å². The zero-order valence-electron chi connectivity index (χ0n) is 20.3. The Hall–Kier alpha value is -4.65. The molecular formula is C24H23ClFN9O3. The van der Waals surface area contributed by atoms with E-state index in [1.807, 2.05) is 20.0 Å². The summed E-state index contributed by atoms with van der Waals surface area (Å²) in [4.78, 5) is 28.0. The third-order valence-corrected chi connectivity index (χ3v) is 5.91. The first kappa shape index (κ1) is 26.4. The van der Waals surface area contributed by atoms with Crippen LogP contribution >= 0.6 is 11.6 Å². The number of carbonyl (C=O) groups is 2.